The Morgan fingerprint density at radius 2 is 1.79 bits per heavy atom. The number of piperazine rings is 1. The van der Waals surface area contributed by atoms with E-state index in [0.29, 0.717) is 26.2 Å². The molecule has 0 unspecified atom stereocenters. The molecule has 1 fully saturated rings. The number of nitrogens with one attached hydrogen (secondary N) is 1. The number of hydrogen-bond donors (Lipinski definition) is 1. The molecule has 1 amide bonds. The Bertz CT molecular complexity index is 964. The number of amides is 1. The van der Waals surface area contributed by atoms with Crippen LogP contribution in [0.2, 0.25) is 5.02 Å². The zero-order chi connectivity index (χ0) is 21.0. The van der Waals surface area contributed by atoms with Gasteiger partial charge >= 0.3 is 0 Å². The third-order valence-corrected chi connectivity index (χ3v) is 7.06. The summed E-state index contributed by atoms with van der Waals surface area (Å²) in [5, 5.41) is 2.81. The van der Waals surface area contributed by atoms with E-state index in [0.717, 1.165) is 11.6 Å². The maximum atomic E-state index is 13.9. The van der Waals surface area contributed by atoms with Crippen LogP contribution in [-0.4, -0.2) is 55.8 Å². The fourth-order valence-corrected chi connectivity index (χ4v) is 4.91. The quantitative estimate of drug-likeness (QED) is 0.751. The minimum Gasteiger partial charge on any atom is -0.322 e. The highest BCUT2D eigenvalue weighted by molar-refractivity contribution is 7.88. The predicted molar refractivity (Wildman–Crippen MR) is 112 cm³/mol. The summed E-state index contributed by atoms with van der Waals surface area (Å²) in [6.07, 6.45) is 0. The van der Waals surface area contributed by atoms with Gasteiger partial charge in [-0.05, 0) is 30.7 Å². The molecule has 2 aromatic carbocycles. The van der Waals surface area contributed by atoms with Gasteiger partial charge in [0.2, 0.25) is 15.9 Å². The lowest BCUT2D eigenvalue weighted by atomic mass is 10.2. The van der Waals surface area contributed by atoms with Crippen LogP contribution >= 0.6 is 11.6 Å². The summed E-state index contributed by atoms with van der Waals surface area (Å²) in [7, 11) is -3.42. The molecule has 1 atom stereocenters. The largest absolute Gasteiger partial charge is 0.322 e. The van der Waals surface area contributed by atoms with Gasteiger partial charge in [0.15, 0.2) is 0 Å². The monoisotopic (exact) mass is 439 g/mol. The van der Waals surface area contributed by atoms with Gasteiger partial charge in [-0.1, -0.05) is 41.9 Å². The second-order valence-corrected chi connectivity index (χ2v) is 9.37. The lowest BCUT2D eigenvalue weighted by Gasteiger charge is -2.36. The molecule has 0 saturated carbocycles. The Hall–Kier alpha value is -2.00. The number of benzene rings is 2. The fourth-order valence-electron chi connectivity index (χ4n) is 3.24. The predicted octanol–water partition coefficient (Wildman–Crippen LogP) is 2.95. The van der Waals surface area contributed by atoms with Gasteiger partial charge in [-0.2, -0.15) is 4.31 Å². The lowest BCUT2D eigenvalue weighted by Crippen LogP contribution is -2.54. The molecule has 0 bridgehead atoms. The van der Waals surface area contributed by atoms with E-state index in [4.69, 9.17) is 11.6 Å². The second-order valence-electron chi connectivity index (χ2n) is 6.97. The molecular weight excluding hydrogens is 417 g/mol. The Kier molecular flexibility index (Phi) is 6.89. The van der Waals surface area contributed by atoms with Crippen molar-refractivity contribution in [1.82, 2.24) is 9.21 Å². The maximum Gasteiger partial charge on any atom is 0.241 e. The molecule has 29 heavy (non-hydrogen) atoms. The van der Waals surface area contributed by atoms with Crippen LogP contribution in [0, 0.1) is 5.82 Å². The third kappa shape index (κ3) is 5.54. The van der Waals surface area contributed by atoms with Crippen LogP contribution < -0.4 is 5.32 Å². The lowest BCUT2D eigenvalue weighted by molar-refractivity contribution is -0.121. The van der Waals surface area contributed by atoms with Crippen molar-refractivity contribution in [2.45, 2.75) is 18.7 Å². The molecule has 1 aliphatic rings. The van der Waals surface area contributed by atoms with Gasteiger partial charge in [0.25, 0.3) is 0 Å². The first-order valence-electron chi connectivity index (χ1n) is 9.28. The van der Waals surface area contributed by atoms with E-state index in [1.165, 1.54) is 16.4 Å². The van der Waals surface area contributed by atoms with Crippen LogP contribution in [0.3, 0.4) is 0 Å². The van der Waals surface area contributed by atoms with Crippen molar-refractivity contribution >= 4 is 33.2 Å². The molecule has 1 N–H and O–H groups in total. The van der Waals surface area contributed by atoms with E-state index in [2.05, 4.69) is 5.32 Å². The number of halogens is 2. The summed E-state index contributed by atoms with van der Waals surface area (Å²) in [6.45, 7) is 3.18. The number of carbonyl (C=O) groups is 1. The van der Waals surface area contributed by atoms with Gasteiger partial charge in [0, 0.05) is 31.2 Å². The first-order valence-corrected chi connectivity index (χ1v) is 11.3. The SMILES string of the molecule is C[C@@H](C(=O)Nc1ccc(Cl)cc1F)N1CCN(S(=O)(=O)Cc2ccccc2)CC1. The van der Waals surface area contributed by atoms with Gasteiger partial charge in [0.1, 0.15) is 5.82 Å². The molecule has 0 spiro atoms. The van der Waals surface area contributed by atoms with Crippen LogP contribution in [0.4, 0.5) is 10.1 Å². The van der Waals surface area contributed by atoms with Crippen molar-refractivity contribution in [2.24, 2.45) is 0 Å². The molecule has 1 saturated heterocycles. The summed E-state index contributed by atoms with van der Waals surface area (Å²) >= 11 is 5.72. The van der Waals surface area contributed by atoms with Crippen LogP contribution in [0.25, 0.3) is 0 Å². The van der Waals surface area contributed by atoms with Crippen molar-refractivity contribution in [1.29, 1.82) is 0 Å². The Morgan fingerprint density at radius 1 is 1.14 bits per heavy atom. The summed E-state index contributed by atoms with van der Waals surface area (Å²) in [6, 6.07) is 12.6. The topological polar surface area (TPSA) is 69.7 Å². The number of anilines is 1. The van der Waals surface area contributed by atoms with E-state index in [1.54, 1.807) is 19.1 Å². The molecule has 3 rings (SSSR count). The number of hydrogen-bond acceptors (Lipinski definition) is 4. The van der Waals surface area contributed by atoms with Gasteiger partial charge in [0.05, 0.1) is 17.5 Å². The molecule has 0 aliphatic carbocycles. The smallest absolute Gasteiger partial charge is 0.241 e. The van der Waals surface area contributed by atoms with Gasteiger partial charge < -0.3 is 5.32 Å². The zero-order valence-corrected chi connectivity index (χ0v) is 17.6. The highest BCUT2D eigenvalue weighted by Crippen LogP contribution is 2.20. The maximum absolute atomic E-state index is 13.9. The van der Waals surface area contributed by atoms with Crippen molar-refractivity contribution in [3.8, 4) is 0 Å². The third-order valence-electron chi connectivity index (χ3n) is 4.97. The van der Waals surface area contributed by atoms with Gasteiger partial charge in [-0.3, -0.25) is 9.69 Å². The molecule has 6 nitrogen and oxygen atoms in total. The summed E-state index contributed by atoms with van der Waals surface area (Å²) in [5.74, 6) is -0.999. The summed E-state index contributed by atoms with van der Waals surface area (Å²) < 4.78 is 40.6. The van der Waals surface area contributed by atoms with Gasteiger partial charge in [-0.15, -0.1) is 0 Å². The average Bonchev–Trinajstić information content (AvgIpc) is 2.70. The standard InChI is InChI=1S/C20H23ClFN3O3S/c1-15(20(26)23-19-8-7-17(21)13-18(19)22)24-9-11-25(12-10-24)29(27,28)14-16-5-3-2-4-6-16/h2-8,13,15H,9-12,14H2,1H3,(H,23,26)/t15-/m0/s1. The second kappa shape index (κ2) is 9.21. The van der Waals surface area contributed by atoms with E-state index < -0.39 is 21.9 Å². The van der Waals surface area contributed by atoms with Gasteiger partial charge in [-0.25, -0.2) is 12.8 Å². The van der Waals surface area contributed by atoms with E-state index >= 15 is 0 Å². The molecule has 1 aliphatic heterocycles. The minimum absolute atomic E-state index is 0.0419. The Labute approximate surface area is 175 Å². The number of rotatable bonds is 6. The van der Waals surface area contributed by atoms with Crippen molar-refractivity contribution in [3.63, 3.8) is 0 Å². The average molecular weight is 440 g/mol. The molecule has 156 valence electrons. The van der Waals surface area contributed by atoms with Crippen molar-refractivity contribution < 1.29 is 17.6 Å². The zero-order valence-electron chi connectivity index (χ0n) is 16.0. The summed E-state index contributed by atoms with van der Waals surface area (Å²) in [5.41, 5.74) is 0.808. The fraction of sp³-hybridized carbons (Fsp3) is 0.350. The Morgan fingerprint density at radius 3 is 2.41 bits per heavy atom. The highest BCUT2D eigenvalue weighted by Gasteiger charge is 2.31. The Balaban J connectivity index is 1.56. The van der Waals surface area contributed by atoms with Crippen LogP contribution in [0.1, 0.15) is 12.5 Å². The van der Waals surface area contributed by atoms with Crippen LogP contribution in [-0.2, 0) is 20.6 Å². The van der Waals surface area contributed by atoms with E-state index in [9.17, 15) is 17.6 Å². The van der Waals surface area contributed by atoms with Crippen molar-refractivity contribution in [2.75, 3.05) is 31.5 Å². The molecule has 0 aromatic heterocycles. The summed E-state index contributed by atoms with van der Waals surface area (Å²) in [4.78, 5) is 14.4. The van der Waals surface area contributed by atoms with Crippen molar-refractivity contribution in [3.05, 3.63) is 64.9 Å². The number of nitrogens with zero attached hydrogens (tertiary/aromatic N) is 2. The number of carbonyl (C=O) groups excluding carboxylic acids is 1. The van der Waals surface area contributed by atoms with Crippen LogP contribution in [0.15, 0.2) is 48.5 Å². The molecule has 1 heterocycles. The molecular formula is C20H23ClFN3O3S. The minimum atomic E-state index is -3.42. The number of sulfonamides is 1. The normalized spacial score (nSPS) is 17.1. The first kappa shape index (κ1) is 21.7. The first-order chi connectivity index (χ1) is 13.8. The molecule has 9 heteroatoms. The molecule has 0 radical (unpaired) electrons. The van der Waals surface area contributed by atoms with Crippen LogP contribution in [0.5, 0.6) is 0 Å². The van der Waals surface area contributed by atoms with E-state index in [1.807, 2.05) is 23.1 Å². The molecule has 2 aromatic rings. The highest BCUT2D eigenvalue weighted by atomic mass is 35.5. The van der Waals surface area contributed by atoms with E-state index in [-0.39, 0.29) is 22.4 Å².